The van der Waals surface area contributed by atoms with Crippen LogP contribution in [-0.2, 0) is 22.8 Å². The fourth-order valence-electron chi connectivity index (χ4n) is 2.78. The van der Waals surface area contributed by atoms with Crippen LogP contribution < -0.4 is 5.73 Å². The van der Waals surface area contributed by atoms with Gasteiger partial charge in [0.2, 0.25) is 0 Å². The molecule has 0 aliphatic carbocycles. The summed E-state index contributed by atoms with van der Waals surface area (Å²) in [6.07, 6.45) is 7.12. The first kappa shape index (κ1) is 14.5. The van der Waals surface area contributed by atoms with Gasteiger partial charge in [-0.25, -0.2) is 13.4 Å². The van der Waals surface area contributed by atoms with Gasteiger partial charge in [-0.3, -0.25) is 0 Å². The summed E-state index contributed by atoms with van der Waals surface area (Å²) in [5.74, 6) is 1.88. The minimum Gasteiger partial charge on any atom is -0.335 e. The number of hydrogen-bond donors (Lipinski definition) is 1. The average Bonchev–Trinajstić information content (AvgIpc) is 2.87. The maximum atomic E-state index is 11.4. The Morgan fingerprint density at radius 3 is 3.00 bits per heavy atom. The molecule has 1 saturated heterocycles. The summed E-state index contributed by atoms with van der Waals surface area (Å²) in [5, 5.41) is 0. The lowest BCUT2D eigenvalue weighted by molar-refractivity contribution is 0.456. The molecule has 1 aliphatic heterocycles. The highest BCUT2D eigenvalue weighted by molar-refractivity contribution is 7.91. The van der Waals surface area contributed by atoms with Gasteiger partial charge in [0.25, 0.3) is 0 Å². The van der Waals surface area contributed by atoms with Crippen molar-refractivity contribution in [3.8, 4) is 0 Å². The molecule has 0 amide bonds. The van der Waals surface area contributed by atoms with Crippen molar-refractivity contribution in [3.05, 3.63) is 18.2 Å². The summed E-state index contributed by atoms with van der Waals surface area (Å²) in [6, 6.07) is -0.00342. The normalized spacial score (nSPS) is 23.6. The van der Waals surface area contributed by atoms with Crippen LogP contribution >= 0.6 is 0 Å². The topological polar surface area (TPSA) is 78.0 Å². The molecule has 1 aromatic heterocycles. The number of nitrogens with two attached hydrogens (primary N) is 1. The second-order valence-corrected chi connectivity index (χ2v) is 7.73. The highest BCUT2D eigenvalue weighted by Gasteiger charge is 2.29. The summed E-state index contributed by atoms with van der Waals surface area (Å²) < 4.78 is 25.0. The van der Waals surface area contributed by atoms with Crippen molar-refractivity contribution in [3.63, 3.8) is 0 Å². The Hall–Kier alpha value is -0.880. The van der Waals surface area contributed by atoms with E-state index in [0.29, 0.717) is 11.5 Å². The highest BCUT2D eigenvalue weighted by Crippen LogP contribution is 2.23. The molecule has 1 fully saturated rings. The molecule has 0 saturated carbocycles. The molecule has 0 bridgehead atoms. The van der Waals surface area contributed by atoms with Crippen molar-refractivity contribution in [2.24, 2.45) is 11.7 Å². The molecule has 0 aromatic carbocycles. The maximum absolute atomic E-state index is 11.4. The standard InChI is InChI=1S/C13H23N3O2S/c1-2-5-16-6-4-15-13(16)9-12(14)8-11-3-7-19(17,18)10-11/h4,6,11-12H,2-3,5,7-10,14H2,1H3. The molecular formula is C13H23N3O2S. The average molecular weight is 285 g/mol. The van der Waals surface area contributed by atoms with E-state index in [1.165, 1.54) is 0 Å². The van der Waals surface area contributed by atoms with E-state index in [2.05, 4.69) is 16.5 Å². The lowest BCUT2D eigenvalue weighted by Crippen LogP contribution is -2.28. The molecule has 2 N–H and O–H groups in total. The molecular weight excluding hydrogens is 262 g/mol. The molecule has 6 heteroatoms. The molecule has 19 heavy (non-hydrogen) atoms. The zero-order valence-electron chi connectivity index (χ0n) is 11.5. The van der Waals surface area contributed by atoms with E-state index in [1.807, 2.05) is 6.20 Å². The van der Waals surface area contributed by atoms with Gasteiger partial charge in [0, 0.05) is 31.4 Å². The Bertz CT molecular complexity index is 510. The third-order valence-corrected chi connectivity index (χ3v) is 5.51. The van der Waals surface area contributed by atoms with Crippen LogP contribution in [0.5, 0.6) is 0 Å². The molecule has 0 spiro atoms. The highest BCUT2D eigenvalue weighted by atomic mass is 32.2. The molecule has 1 aliphatic rings. The Balaban J connectivity index is 1.87. The van der Waals surface area contributed by atoms with Crippen molar-refractivity contribution in [1.82, 2.24) is 9.55 Å². The van der Waals surface area contributed by atoms with Crippen LogP contribution in [0.4, 0.5) is 0 Å². The van der Waals surface area contributed by atoms with Crippen LogP contribution in [0.3, 0.4) is 0 Å². The minimum absolute atomic E-state index is 0.00342. The lowest BCUT2D eigenvalue weighted by atomic mass is 9.98. The zero-order chi connectivity index (χ0) is 13.9. The predicted molar refractivity (Wildman–Crippen MR) is 75.6 cm³/mol. The van der Waals surface area contributed by atoms with Gasteiger partial charge in [0.1, 0.15) is 5.82 Å². The fourth-order valence-corrected chi connectivity index (χ4v) is 4.66. The number of nitrogens with zero attached hydrogens (tertiary/aromatic N) is 2. The van der Waals surface area contributed by atoms with Crippen molar-refractivity contribution in [2.75, 3.05) is 11.5 Å². The van der Waals surface area contributed by atoms with Gasteiger partial charge in [-0.1, -0.05) is 6.92 Å². The van der Waals surface area contributed by atoms with Gasteiger partial charge < -0.3 is 10.3 Å². The molecule has 2 unspecified atom stereocenters. The summed E-state index contributed by atoms with van der Waals surface area (Å²) in [4.78, 5) is 4.34. The van der Waals surface area contributed by atoms with Crippen molar-refractivity contribution in [2.45, 2.75) is 45.2 Å². The number of hydrogen-bond acceptors (Lipinski definition) is 4. The van der Waals surface area contributed by atoms with Crippen LogP contribution in [0.2, 0.25) is 0 Å². The van der Waals surface area contributed by atoms with E-state index >= 15 is 0 Å². The smallest absolute Gasteiger partial charge is 0.150 e. The van der Waals surface area contributed by atoms with Gasteiger partial charge in [-0.2, -0.15) is 0 Å². The van der Waals surface area contributed by atoms with Crippen LogP contribution in [-0.4, -0.2) is 35.5 Å². The Labute approximate surface area is 115 Å². The first-order valence-corrected chi connectivity index (χ1v) is 8.78. The van der Waals surface area contributed by atoms with Crippen LogP contribution in [0.15, 0.2) is 12.4 Å². The predicted octanol–water partition coefficient (Wildman–Crippen LogP) is 0.988. The molecule has 2 rings (SSSR count). The molecule has 1 aromatic rings. The third-order valence-electron chi connectivity index (χ3n) is 3.67. The minimum atomic E-state index is -2.80. The Kier molecular flexibility index (Phi) is 4.62. The van der Waals surface area contributed by atoms with E-state index in [1.54, 1.807) is 6.20 Å². The van der Waals surface area contributed by atoms with Gasteiger partial charge in [0.15, 0.2) is 9.84 Å². The Morgan fingerprint density at radius 1 is 1.58 bits per heavy atom. The van der Waals surface area contributed by atoms with E-state index < -0.39 is 9.84 Å². The van der Waals surface area contributed by atoms with E-state index in [9.17, 15) is 8.42 Å². The monoisotopic (exact) mass is 285 g/mol. The number of imidazole rings is 1. The second-order valence-electron chi connectivity index (χ2n) is 5.51. The molecule has 5 nitrogen and oxygen atoms in total. The van der Waals surface area contributed by atoms with E-state index in [4.69, 9.17) is 5.73 Å². The van der Waals surface area contributed by atoms with E-state index in [0.717, 1.165) is 38.1 Å². The molecule has 0 radical (unpaired) electrons. The number of aryl methyl sites for hydroxylation is 1. The zero-order valence-corrected chi connectivity index (χ0v) is 12.3. The van der Waals surface area contributed by atoms with Gasteiger partial charge in [-0.05, 0) is 25.2 Å². The molecule has 2 heterocycles. The summed E-state index contributed by atoms with van der Waals surface area (Å²) >= 11 is 0. The number of rotatable bonds is 6. The second kappa shape index (κ2) is 6.05. The van der Waals surface area contributed by atoms with Crippen molar-refractivity contribution < 1.29 is 8.42 Å². The lowest BCUT2D eigenvalue weighted by Gasteiger charge is -2.16. The first-order valence-electron chi connectivity index (χ1n) is 6.96. The fraction of sp³-hybridized carbons (Fsp3) is 0.769. The summed E-state index contributed by atoms with van der Waals surface area (Å²) in [5.41, 5.74) is 6.15. The maximum Gasteiger partial charge on any atom is 0.150 e. The summed E-state index contributed by atoms with van der Waals surface area (Å²) in [6.45, 7) is 3.09. The molecule has 108 valence electrons. The number of sulfone groups is 1. The van der Waals surface area contributed by atoms with E-state index in [-0.39, 0.29) is 12.0 Å². The van der Waals surface area contributed by atoms with Crippen molar-refractivity contribution >= 4 is 9.84 Å². The first-order chi connectivity index (χ1) is 9.00. The van der Waals surface area contributed by atoms with Gasteiger partial charge in [-0.15, -0.1) is 0 Å². The van der Waals surface area contributed by atoms with Gasteiger partial charge >= 0.3 is 0 Å². The quantitative estimate of drug-likeness (QED) is 0.845. The SMILES string of the molecule is CCCn1ccnc1CC(N)CC1CCS(=O)(=O)C1. The van der Waals surface area contributed by atoms with Crippen LogP contribution in [0, 0.1) is 5.92 Å². The van der Waals surface area contributed by atoms with Crippen molar-refractivity contribution in [1.29, 1.82) is 0 Å². The molecule has 2 atom stereocenters. The third kappa shape index (κ3) is 4.04. The van der Waals surface area contributed by atoms with Gasteiger partial charge in [0.05, 0.1) is 11.5 Å². The largest absolute Gasteiger partial charge is 0.335 e. The van der Waals surface area contributed by atoms with Crippen LogP contribution in [0.1, 0.15) is 32.0 Å². The van der Waals surface area contributed by atoms with Crippen LogP contribution in [0.25, 0.3) is 0 Å². The summed E-state index contributed by atoms with van der Waals surface area (Å²) in [7, 11) is -2.80. The number of aromatic nitrogens is 2. The Morgan fingerprint density at radius 2 is 2.37 bits per heavy atom.